The molecule has 3 heteroatoms. The van der Waals surface area contributed by atoms with E-state index < -0.39 is 0 Å². The summed E-state index contributed by atoms with van der Waals surface area (Å²) in [7, 11) is 0. The SMILES string of the molecule is C#CC(CCC)NC1=NCCO1. The van der Waals surface area contributed by atoms with Gasteiger partial charge in [-0.1, -0.05) is 19.3 Å². The third kappa shape index (κ3) is 2.46. The number of rotatable bonds is 3. The number of amidine groups is 1. The van der Waals surface area contributed by atoms with Gasteiger partial charge >= 0.3 is 0 Å². The van der Waals surface area contributed by atoms with Crippen LogP contribution in [0.2, 0.25) is 0 Å². The zero-order valence-electron chi connectivity index (χ0n) is 7.34. The number of aliphatic imine (C=N–C) groups is 1. The molecule has 0 spiro atoms. The van der Waals surface area contributed by atoms with Crippen LogP contribution in [0.1, 0.15) is 19.8 Å². The van der Waals surface area contributed by atoms with E-state index in [1.54, 1.807) is 0 Å². The van der Waals surface area contributed by atoms with Crippen LogP contribution in [0.15, 0.2) is 4.99 Å². The molecule has 3 nitrogen and oxygen atoms in total. The van der Waals surface area contributed by atoms with E-state index in [1.165, 1.54) is 0 Å². The van der Waals surface area contributed by atoms with E-state index >= 15 is 0 Å². The summed E-state index contributed by atoms with van der Waals surface area (Å²) in [5, 5.41) is 3.06. The Morgan fingerprint density at radius 2 is 2.67 bits per heavy atom. The molecule has 1 unspecified atom stereocenters. The van der Waals surface area contributed by atoms with Gasteiger partial charge in [0.15, 0.2) is 0 Å². The van der Waals surface area contributed by atoms with Gasteiger partial charge in [-0.2, -0.15) is 0 Å². The number of hydrogen-bond donors (Lipinski definition) is 1. The van der Waals surface area contributed by atoms with Crippen LogP contribution < -0.4 is 5.32 Å². The van der Waals surface area contributed by atoms with Crippen LogP contribution in [0.3, 0.4) is 0 Å². The predicted octanol–water partition coefficient (Wildman–Crippen LogP) is 0.764. The Kier molecular flexibility index (Phi) is 3.46. The van der Waals surface area contributed by atoms with E-state index in [9.17, 15) is 0 Å². The fourth-order valence-corrected chi connectivity index (χ4v) is 1.06. The summed E-state index contributed by atoms with van der Waals surface area (Å²) in [5.41, 5.74) is 0. The lowest BCUT2D eigenvalue weighted by Gasteiger charge is -2.11. The van der Waals surface area contributed by atoms with Crippen molar-refractivity contribution < 1.29 is 4.74 Å². The van der Waals surface area contributed by atoms with Gasteiger partial charge in [-0.25, -0.2) is 4.99 Å². The standard InChI is InChI=1S/C9H14N2O/c1-3-5-8(4-2)11-9-10-6-7-12-9/h2,8H,3,5-7H2,1H3,(H,10,11). The van der Waals surface area contributed by atoms with Gasteiger partial charge in [0.25, 0.3) is 6.02 Å². The van der Waals surface area contributed by atoms with Crippen molar-refractivity contribution >= 4 is 6.02 Å². The van der Waals surface area contributed by atoms with E-state index in [2.05, 4.69) is 23.2 Å². The zero-order chi connectivity index (χ0) is 8.81. The third-order valence-electron chi connectivity index (χ3n) is 1.66. The first-order valence-electron chi connectivity index (χ1n) is 4.26. The van der Waals surface area contributed by atoms with Crippen LogP contribution in [0.4, 0.5) is 0 Å². The van der Waals surface area contributed by atoms with Crippen LogP contribution in [-0.4, -0.2) is 25.2 Å². The highest BCUT2D eigenvalue weighted by molar-refractivity contribution is 5.75. The molecule has 66 valence electrons. The zero-order valence-corrected chi connectivity index (χ0v) is 7.34. The summed E-state index contributed by atoms with van der Waals surface area (Å²) < 4.78 is 5.17. The molecule has 0 aromatic carbocycles. The summed E-state index contributed by atoms with van der Waals surface area (Å²) in [6.07, 6.45) is 7.34. The molecule has 1 atom stereocenters. The summed E-state index contributed by atoms with van der Waals surface area (Å²) in [6.45, 7) is 3.51. The average Bonchev–Trinajstić information content (AvgIpc) is 2.56. The van der Waals surface area contributed by atoms with Gasteiger partial charge in [0, 0.05) is 0 Å². The molecule has 1 aliphatic heterocycles. The minimum Gasteiger partial charge on any atom is -0.463 e. The van der Waals surface area contributed by atoms with Gasteiger partial charge in [0.05, 0.1) is 12.6 Å². The van der Waals surface area contributed by atoms with Gasteiger partial charge < -0.3 is 10.1 Å². The molecule has 1 N–H and O–H groups in total. The highest BCUT2D eigenvalue weighted by Gasteiger charge is 2.10. The predicted molar refractivity (Wildman–Crippen MR) is 48.9 cm³/mol. The summed E-state index contributed by atoms with van der Waals surface area (Å²) in [6, 6.07) is 0.665. The second-order valence-electron chi connectivity index (χ2n) is 2.69. The fraction of sp³-hybridized carbons (Fsp3) is 0.667. The van der Waals surface area contributed by atoms with E-state index in [0.717, 1.165) is 19.4 Å². The molecular weight excluding hydrogens is 152 g/mol. The van der Waals surface area contributed by atoms with Crippen molar-refractivity contribution in [1.82, 2.24) is 5.32 Å². The van der Waals surface area contributed by atoms with E-state index in [4.69, 9.17) is 11.2 Å². The van der Waals surface area contributed by atoms with Crippen LogP contribution in [0.25, 0.3) is 0 Å². The van der Waals surface area contributed by atoms with Gasteiger partial charge in [-0.3, -0.25) is 0 Å². The number of nitrogens with one attached hydrogen (secondary N) is 1. The molecule has 0 fully saturated rings. The highest BCUT2D eigenvalue weighted by Crippen LogP contribution is 1.98. The Bertz CT molecular complexity index is 205. The Hall–Kier alpha value is -1.17. The first-order chi connectivity index (χ1) is 5.86. The first-order valence-corrected chi connectivity index (χ1v) is 4.26. The maximum absolute atomic E-state index is 5.31. The van der Waals surface area contributed by atoms with E-state index in [-0.39, 0.29) is 6.04 Å². The Morgan fingerprint density at radius 1 is 1.83 bits per heavy atom. The van der Waals surface area contributed by atoms with E-state index in [1.807, 2.05) is 0 Å². The minimum absolute atomic E-state index is 0.0619. The Labute approximate surface area is 73.2 Å². The molecule has 0 saturated carbocycles. The molecule has 0 saturated heterocycles. The smallest absolute Gasteiger partial charge is 0.285 e. The van der Waals surface area contributed by atoms with Crippen molar-refractivity contribution in [3.63, 3.8) is 0 Å². The van der Waals surface area contributed by atoms with Crippen LogP contribution >= 0.6 is 0 Å². The first kappa shape index (κ1) is 8.92. The van der Waals surface area contributed by atoms with Gasteiger partial charge in [-0.15, -0.1) is 6.42 Å². The third-order valence-corrected chi connectivity index (χ3v) is 1.66. The van der Waals surface area contributed by atoms with Crippen LogP contribution in [0, 0.1) is 12.3 Å². The minimum atomic E-state index is 0.0619. The molecule has 0 bridgehead atoms. The fourth-order valence-electron chi connectivity index (χ4n) is 1.06. The monoisotopic (exact) mass is 166 g/mol. The van der Waals surface area contributed by atoms with Crippen molar-refractivity contribution in [3.8, 4) is 12.3 Å². The Balaban J connectivity index is 2.32. The van der Waals surface area contributed by atoms with Crippen molar-refractivity contribution in [2.75, 3.05) is 13.2 Å². The van der Waals surface area contributed by atoms with Gasteiger partial charge in [0.1, 0.15) is 6.61 Å². The molecule has 0 aliphatic carbocycles. The maximum atomic E-state index is 5.31. The van der Waals surface area contributed by atoms with Crippen LogP contribution in [-0.2, 0) is 4.74 Å². The lowest BCUT2D eigenvalue weighted by atomic mass is 10.2. The number of nitrogens with zero attached hydrogens (tertiary/aromatic N) is 1. The van der Waals surface area contributed by atoms with Crippen molar-refractivity contribution in [2.45, 2.75) is 25.8 Å². The quantitative estimate of drug-likeness (QED) is 0.628. The average molecular weight is 166 g/mol. The van der Waals surface area contributed by atoms with Crippen molar-refractivity contribution in [1.29, 1.82) is 0 Å². The number of hydrogen-bond acceptors (Lipinski definition) is 3. The lowest BCUT2D eigenvalue weighted by molar-refractivity contribution is 0.328. The number of terminal acetylenes is 1. The highest BCUT2D eigenvalue weighted by atomic mass is 16.5. The molecule has 1 rings (SSSR count). The van der Waals surface area contributed by atoms with Crippen molar-refractivity contribution in [3.05, 3.63) is 0 Å². The molecule has 12 heavy (non-hydrogen) atoms. The maximum Gasteiger partial charge on any atom is 0.285 e. The molecule has 0 aromatic heterocycles. The molecule has 0 aromatic rings. The second-order valence-corrected chi connectivity index (χ2v) is 2.69. The molecule has 1 aliphatic rings. The topological polar surface area (TPSA) is 33.6 Å². The summed E-state index contributed by atoms with van der Waals surface area (Å²) in [5.74, 6) is 2.66. The Morgan fingerprint density at radius 3 is 3.17 bits per heavy atom. The largest absolute Gasteiger partial charge is 0.463 e. The van der Waals surface area contributed by atoms with Gasteiger partial charge in [0.2, 0.25) is 0 Å². The molecule has 1 heterocycles. The van der Waals surface area contributed by atoms with Crippen LogP contribution in [0.5, 0.6) is 0 Å². The summed E-state index contributed by atoms with van der Waals surface area (Å²) in [4.78, 5) is 4.09. The van der Waals surface area contributed by atoms with Crippen molar-refractivity contribution in [2.24, 2.45) is 4.99 Å². The molecular formula is C9H14N2O. The number of ether oxygens (including phenoxy) is 1. The molecule has 0 amide bonds. The second kappa shape index (κ2) is 4.66. The lowest BCUT2D eigenvalue weighted by Crippen LogP contribution is -2.33. The summed E-state index contributed by atoms with van der Waals surface area (Å²) >= 11 is 0. The molecule has 0 radical (unpaired) electrons. The van der Waals surface area contributed by atoms with Gasteiger partial charge in [-0.05, 0) is 6.42 Å². The normalized spacial score (nSPS) is 17.5. The van der Waals surface area contributed by atoms with E-state index in [0.29, 0.717) is 12.6 Å².